The van der Waals surface area contributed by atoms with Gasteiger partial charge in [-0.1, -0.05) is 12.1 Å². The fourth-order valence-corrected chi connectivity index (χ4v) is 2.35. The minimum atomic E-state index is -1.24. The van der Waals surface area contributed by atoms with Gasteiger partial charge in [0.2, 0.25) is 0 Å². The zero-order chi connectivity index (χ0) is 16.4. The molecule has 0 aliphatic rings. The van der Waals surface area contributed by atoms with Gasteiger partial charge in [-0.25, -0.2) is 4.79 Å². The number of hydrogen-bond acceptors (Lipinski definition) is 5. The molecule has 0 aliphatic heterocycles. The van der Waals surface area contributed by atoms with Crippen LogP contribution in [0, 0.1) is 10.1 Å². The third kappa shape index (κ3) is 2.67. The van der Waals surface area contributed by atoms with Gasteiger partial charge in [-0.2, -0.15) is 0 Å². The van der Waals surface area contributed by atoms with E-state index in [0.717, 1.165) is 5.39 Å². The average Bonchev–Trinajstić information content (AvgIpc) is 2.55. The van der Waals surface area contributed by atoms with Gasteiger partial charge < -0.3 is 10.4 Å². The molecule has 2 aromatic carbocycles. The number of para-hydroxylation sites is 1. The third-order valence-electron chi connectivity index (χ3n) is 3.37. The van der Waals surface area contributed by atoms with Crippen LogP contribution in [-0.2, 0) is 0 Å². The molecule has 114 valence electrons. The molecule has 2 N–H and O–H groups in total. The molecule has 0 radical (unpaired) electrons. The average molecular weight is 309 g/mol. The molecular formula is C16H11N3O4. The molecule has 7 heteroatoms. The topological polar surface area (TPSA) is 105 Å². The Morgan fingerprint density at radius 2 is 1.91 bits per heavy atom. The van der Waals surface area contributed by atoms with Gasteiger partial charge in [-0.3, -0.25) is 15.1 Å². The van der Waals surface area contributed by atoms with Gasteiger partial charge in [0.05, 0.1) is 16.0 Å². The number of carbonyl (C=O) groups is 1. The molecule has 0 atom stereocenters. The summed E-state index contributed by atoms with van der Waals surface area (Å²) in [6.45, 7) is 0. The van der Waals surface area contributed by atoms with Crippen molar-refractivity contribution in [1.82, 2.24) is 4.98 Å². The zero-order valence-corrected chi connectivity index (χ0v) is 11.8. The van der Waals surface area contributed by atoms with Crippen LogP contribution in [0.5, 0.6) is 0 Å². The fourth-order valence-electron chi connectivity index (χ4n) is 2.35. The monoisotopic (exact) mass is 309 g/mol. The fraction of sp³-hybridized carbons (Fsp3) is 0. The maximum atomic E-state index is 11.4. The summed E-state index contributed by atoms with van der Waals surface area (Å²) in [4.78, 5) is 26.2. The summed E-state index contributed by atoms with van der Waals surface area (Å²) < 4.78 is 0. The number of nitrogens with zero attached hydrogens (tertiary/aromatic N) is 2. The highest BCUT2D eigenvalue weighted by atomic mass is 16.6. The molecule has 0 aliphatic carbocycles. The Morgan fingerprint density at radius 1 is 1.13 bits per heavy atom. The summed E-state index contributed by atoms with van der Waals surface area (Å²) in [6, 6.07) is 12.7. The standard InChI is InChI=1S/C16H11N3O4/c20-16(21)11-4-1-8-14(19(22)23)15(11)18-13-7-2-6-12-10(13)5-3-9-17-12/h1-9,18H,(H,20,21). The highest BCUT2D eigenvalue weighted by Crippen LogP contribution is 2.33. The van der Waals surface area contributed by atoms with Crippen molar-refractivity contribution < 1.29 is 14.8 Å². The van der Waals surface area contributed by atoms with Crippen LogP contribution in [-0.4, -0.2) is 21.0 Å². The van der Waals surface area contributed by atoms with E-state index in [-0.39, 0.29) is 16.9 Å². The molecule has 0 saturated heterocycles. The number of nitro groups is 1. The first-order chi connectivity index (χ1) is 11.1. The largest absolute Gasteiger partial charge is 0.478 e. The molecule has 1 aromatic heterocycles. The van der Waals surface area contributed by atoms with Crippen LogP contribution in [0.4, 0.5) is 17.1 Å². The summed E-state index contributed by atoms with van der Waals surface area (Å²) in [7, 11) is 0. The van der Waals surface area contributed by atoms with Crippen molar-refractivity contribution >= 4 is 33.9 Å². The number of nitrogens with one attached hydrogen (secondary N) is 1. The molecule has 0 saturated carbocycles. The van der Waals surface area contributed by atoms with Crippen LogP contribution in [0.3, 0.4) is 0 Å². The van der Waals surface area contributed by atoms with Gasteiger partial charge in [0.15, 0.2) is 0 Å². The zero-order valence-electron chi connectivity index (χ0n) is 11.8. The van der Waals surface area contributed by atoms with Crippen molar-refractivity contribution in [1.29, 1.82) is 0 Å². The van der Waals surface area contributed by atoms with Crippen LogP contribution in [0.15, 0.2) is 54.7 Å². The normalized spacial score (nSPS) is 10.4. The van der Waals surface area contributed by atoms with Crippen molar-refractivity contribution in [2.75, 3.05) is 5.32 Å². The van der Waals surface area contributed by atoms with E-state index in [0.29, 0.717) is 11.2 Å². The minimum absolute atomic E-state index is 0.0543. The molecule has 3 aromatic rings. The molecule has 7 nitrogen and oxygen atoms in total. The first kappa shape index (κ1) is 14.5. The lowest BCUT2D eigenvalue weighted by Gasteiger charge is -2.12. The number of carboxylic acids is 1. The lowest BCUT2D eigenvalue weighted by Crippen LogP contribution is -2.06. The highest BCUT2D eigenvalue weighted by Gasteiger charge is 2.22. The number of hydrogen-bond donors (Lipinski definition) is 2. The second-order valence-electron chi connectivity index (χ2n) is 4.76. The quantitative estimate of drug-likeness (QED) is 0.563. The summed E-state index contributed by atoms with van der Waals surface area (Å²) in [5, 5.41) is 24.1. The van der Waals surface area contributed by atoms with Gasteiger partial charge in [0.25, 0.3) is 5.69 Å². The van der Waals surface area contributed by atoms with E-state index in [1.165, 1.54) is 18.2 Å². The number of benzene rings is 2. The van der Waals surface area contributed by atoms with E-state index in [2.05, 4.69) is 10.3 Å². The van der Waals surface area contributed by atoms with E-state index in [1.807, 2.05) is 0 Å². The number of nitro benzene ring substituents is 1. The van der Waals surface area contributed by atoms with E-state index in [9.17, 15) is 20.0 Å². The van der Waals surface area contributed by atoms with Crippen LogP contribution >= 0.6 is 0 Å². The number of anilines is 2. The molecule has 0 amide bonds. The Morgan fingerprint density at radius 3 is 2.65 bits per heavy atom. The minimum Gasteiger partial charge on any atom is -0.478 e. The lowest BCUT2D eigenvalue weighted by molar-refractivity contribution is -0.383. The number of aromatic carboxylic acids is 1. The van der Waals surface area contributed by atoms with Gasteiger partial charge in [-0.05, 0) is 30.3 Å². The third-order valence-corrected chi connectivity index (χ3v) is 3.37. The molecule has 0 unspecified atom stereocenters. The first-order valence-corrected chi connectivity index (χ1v) is 6.69. The second kappa shape index (κ2) is 5.72. The van der Waals surface area contributed by atoms with Crippen molar-refractivity contribution in [3.8, 4) is 0 Å². The van der Waals surface area contributed by atoms with Gasteiger partial charge in [-0.15, -0.1) is 0 Å². The Balaban J connectivity index is 2.19. The number of fused-ring (bicyclic) bond motifs is 1. The van der Waals surface area contributed by atoms with E-state index >= 15 is 0 Å². The molecular weight excluding hydrogens is 298 g/mol. The smallest absolute Gasteiger partial charge is 0.338 e. The lowest BCUT2D eigenvalue weighted by atomic mass is 10.1. The van der Waals surface area contributed by atoms with Crippen molar-refractivity contribution in [2.45, 2.75) is 0 Å². The Labute approximate surface area is 130 Å². The Kier molecular flexibility index (Phi) is 3.60. The van der Waals surface area contributed by atoms with Gasteiger partial charge >= 0.3 is 5.97 Å². The summed E-state index contributed by atoms with van der Waals surface area (Å²) in [6.07, 6.45) is 1.64. The van der Waals surface area contributed by atoms with Gasteiger partial charge in [0, 0.05) is 23.3 Å². The SMILES string of the molecule is O=C(O)c1cccc([N+](=O)[O-])c1Nc1cccc2ncccc12. The van der Waals surface area contributed by atoms with E-state index in [1.54, 1.807) is 36.5 Å². The summed E-state index contributed by atoms with van der Waals surface area (Å²) >= 11 is 0. The number of rotatable bonds is 4. The molecule has 0 bridgehead atoms. The molecule has 1 heterocycles. The van der Waals surface area contributed by atoms with Crippen LogP contribution in [0.2, 0.25) is 0 Å². The first-order valence-electron chi connectivity index (χ1n) is 6.69. The van der Waals surface area contributed by atoms with Crippen molar-refractivity contribution in [2.24, 2.45) is 0 Å². The number of pyridine rings is 1. The van der Waals surface area contributed by atoms with Gasteiger partial charge in [0.1, 0.15) is 5.69 Å². The van der Waals surface area contributed by atoms with Crippen molar-refractivity contribution in [3.63, 3.8) is 0 Å². The maximum Gasteiger partial charge on any atom is 0.338 e. The van der Waals surface area contributed by atoms with Crippen molar-refractivity contribution in [3.05, 3.63) is 70.4 Å². The predicted molar refractivity (Wildman–Crippen MR) is 85.1 cm³/mol. The van der Waals surface area contributed by atoms with Crippen LogP contribution < -0.4 is 5.32 Å². The summed E-state index contributed by atoms with van der Waals surface area (Å²) in [5.41, 5.74) is 0.729. The van der Waals surface area contributed by atoms with Crippen LogP contribution in [0.25, 0.3) is 10.9 Å². The predicted octanol–water partition coefficient (Wildman–Crippen LogP) is 3.58. The highest BCUT2D eigenvalue weighted by molar-refractivity contribution is 6.01. The van der Waals surface area contributed by atoms with E-state index in [4.69, 9.17) is 0 Å². The maximum absolute atomic E-state index is 11.4. The molecule has 3 rings (SSSR count). The Hall–Kier alpha value is -3.48. The summed E-state index contributed by atoms with van der Waals surface area (Å²) in [5.74, 6) is -1.24. The Bertz CT molecular complexity index is 887. The number of aromatic nitrogens is 1. The van der Waals surface area contributed by atoms with Crippen LogP contribution in [0.1, 0.15) is 10.4 Å². The molecule has 23 heavy (non-hydrogen) atoms. The van der Waals surface area contributed by atoms with E-state index < -0.39 is 10.9 Å². The molecule has 0 spiro atoms. The second-order valence-corrected chi connectivity index (χ2v) is 4.76. The number of carboxylic acid groups (broad SMARTS) is 1. The molecule has 0 fully saturated rings.